The fourth-order valence-electron chi connectivity index (χ4n) is 1.29. The van der Waals surface area contributed by atoms with Crippen molar-refractivity contribution in [2.45, 2.75) is 18.6 Å². The second-order valence-electron chi connectivity index (χ2n) is 3.45. The van der Waals surface area contributed by atoms with Crippen molar-refractivity contribution in [3.05, 3.63) is 24.0 Å². The molecular formula is C10H11F3N2O3. The highest BCUT2D eigenvalue weighted by molar-refractivity contribution is 5.81. The highest BCUT2D eigenvalue weighted by atomic mass is 19.4. The van der Waals surface area contributed by atoms with Gasteiger partial charge in [0.1, 0.15) is 5.75 Å². The van der Waals surface area contributed by atoms with E-state index < -0.39 is 23.2 Å². The van der Waals surface area contributed by atoms with E-state index in [-0.39, 0.29) is 12.4 Å². The van der Waals surface area contributed by atoms with Gasteiger partial charge in [-0.2, -0.15) is 13.2 Å². The summed E-state index contributed by atoms with van der Waals surface area (Å²) >= 11 is 0. The lowest BCUT2D eigenvalue weighted by molar-refractivity contribution is -0.204. The molecule has 0 amide bonds. The zero-order valence-corrected chi connectivity index (χ0v) is 9.36. The largest absolute Gasteiger partial charge is 0.492 e. The average molecular weight is 264 g/mol. The van der Waals surface area contributed by atoms with Crippen LogP contribution in [0.4, 0.5) is 13.2 Å². The Morgan fingerprint density at radius 2 is 2.11 bits per heavy atom. The molecular weight excluding hydrogens is 253 g/mol. The van der Waals surface area contributed by atoms with Gasteiger partial charge in [-0.05, 0) is 13.0 Å². The first kappa shape index (κ1) is 14.2. The molecule has 0 radical (unpaired) electrons. The monoisotopic (exact) mass is 264 g/mol. The average Bonchev–Trinajstić information content (AvgIpc) is 2.27. The molecule has 1 aromatic heterocycles. The van der Waals surface area contributed by atoms with Gasteiger partial charge < -0.3 is 15.6 Å². The molecule has 0 fully saturated rings. The molecule has 1 unspecified atom stereocenters. The van der Waals surface area contributed by atoms with Crippen LogP contribution in [0.15, 0.2) is 18.5 Å². The fourth-order valence-corrected chi connectivity index (χ4v) is 1.29. The number of carbonyl (C=O) groups is 1. The molecule has 1 atom stereocenters. The van der Waals surface area contributed by atoms with Gasteiger partial charge in [-0.15, -0.1) is 0 Å². The molecule has 5 nitrogen and oxygen atoms in total. The Bertz CT molecular complexity index is 450. The van der Waals surface area contributed by atoms with E-state index in [2.05, 4.69) is 4.98 Å². The number of carboxylic acids is 1. The molecule has 1 heterocycles. The van der Waals surface area contributed by atoms with Crippen LogP contribution in [0, 0.1) is 0 Å². The van der Waals surface area contributed by atoms with E-state index >= 15 is 0 Å². The van der Waals surface area contributed by atoms with E-state index in [9.17, 15) is 18.0 Å². The van der Waals surface area contributed by atoms with Crippen LogP contribution in [0.2, 0.25) is 0 Å². The number of ether oxygens (including phenoxy) is 1. The minimum Gasteiger partial charge on any atom is -0.492 e. The first-order valence-electron chi connectivity index (χ1n) is 4.90. The molecule has 0 aliphatic rings. The first-order chi connectivity index (χ1) is 8.23. The summed E-state index contributed by atoms with van der Waals surface area (Å²) in [6, 6.07) is 0.915. The zero-order valence-electron chi connectivity index (χ0n) is 9.36. The van der Waals surface area contributed by atoms with Crippen LogP contribution in [0.25, 0.3) is 0 Å². The van der Waals surface area contributed by atoms with Crippen LogP contribution in [0.3, 0.4) is 0 Å². The highest BCUT2D eigenvalue weighted by Crippen LogP contribution is 2.37. The standard InChI is InChI=1S/C10H11F3N2O3/c1-2-18-7-3-6(4-15-5-7)9(14,8(16)17)10(11,12)13/h3-5H,2,14H2,1H3,(H,16,17). The van der Waals surface area contributed by atoms with E-state index in [0.717, 1.165) is 12.3 Å². The minimum absolute atomic E-state index is 0.0234. The Hall–Kier alpha value is -1.83. The number of hydrogen-bond acceptors (Lipinski definition) is 4. The van der Waals surface area contributed by atoms with Gasteiger partial charge in [0.25, 0.3) is 0 Å². The highest BCUT2D eigenvalue weighted by Gasteiger charge is 2.59. The number of nitrogens with two attached hydrogens (primary N) is 1. The normalized spacial score (nSPS) is 14.9. The molecule has 0 aliphatic carbocycles. The van der Waals surface area contributed by atoms with E-state index in [4.69, 9.17) is 15.6 Å². The van der Waals surface area contributed by atoms with Crippen LogP contribution < -0.4 is 10.5 Å². The van der Waals surface area contributed by atoms with Crippen LogP contribution in [0.1, 0.15) is 12.5 Å². The minimum atomic E-state index is -5.15. The van der Waals surface area contributed by atoms with Crippen molar-refractivity contribution in [1.29, 1.82) is 0 Å². The second kappa shape index (κ2) is 4.81. The summed E-state index contributed by atoms with van der Waals surface area (Å²) in [6.07, 6.45) is -3.22. The molecule has 0 spiro atoms. The molecule has 100 valence electrons. The van der Waals surface area contributed by atoms with Crippen molar-refractivity contribution in [3.8, 4) is 5.75 Å². The Balaban J connectivity index is 3.31. The summed E-state index contributed by atoms with van der Waals surface area (Å²) in [7, 11) is 0. The summed E-state index contributed by atoms with van der Waals surface area (Å²) in [5, 5.41) is 8.73. The maximum absolute atomic E-state index is 12.8. The molecule has 0 bridgehead atoms. The van der Waals surface area contributed by atoms with Crippen molar-refractivity contribution in [2.24, 2.45) is 5.73 Å². The third-order valence-corrected chi connectivity index (χ3v) is 2.26. The van der Waals surface area contributed by atoms with Gasteiger partial charge in [0, 0.05) is 11.8 Å². The van der Waals surface area contributed by atoms with Crippen molar-refractivity contribution < 1.29 is 27.8 Å². The van der Waals surface area contributed by atoms with Gasteiger partial charge in [-0.1, -0.05) is 0 Å². The van der Waals surface area contributed by atoms with Gasteiger partial charge in [-0.25, -0.2) is 4.79 Å². The zero-order chi connectivity index (χ0) is 14.0. The quantitative estimate of drug-likeness (QED) is 0.855. The number of hydrogen-bond donors (Lipinski definition) is 2. The number of aliphatic carboxylic acids is 1. The lowest BCUT2D eigenvalue weighted by Gasteiger charge is -2.27. The topological polar surface area (TPSA) is 85.4 Å². The predicted octanol–water partition coefficient (Wildman–Crippen LogP) is 1.28. The van der Waals surface area contributed by atoms with Gasteiger partial charge in [-0.3, -0.25) is 4.98 Å². The Kier molecular flexibility index (Phi) is 3.80. The number of nitrogens with zero attached hydrogens (tertiary/aromatic N) is 1. The SMILES string of the molecule is CCOc1cncc(C(N)(C(=O)O)C(F)(F)F)c1. The van der Waals surface area contributed by atoms with E-state index in [1.165, 1.54) is 6.20 Å². The maximum atomic E-state index is 12.8. The Labute approximate surface area is 100 Å². The molecule has 0 aliphatic heterocycles. The number of halogens is 3. The molecule has 0 aromatic carbocycles. The maximum Gasteiger partial charge on any atom is 0.421 e. The smallest absolute Gasteiger partial charge is 0.421 e. The summed E-state index contributed by atoms with van der Waals surface area (Å²) < 4.78 is 43.3. The predicted molar refractivity (Wildman–Crippen MR) is 55.0 cm³/mol. The van der Waals surface area contributed by atoms with Gasteiger partial charge in [0.2, 0.25) is 5.54 Å². The number of carboxylic acid groups (broad SMARTS) is 1. The molecule has 1 aromatic rings. The summed E-state index contributed by atoms with van der Waals surface area (Å²) in [5.74, 6) is -2.18. The van der Waals surface area contributed by atoms with Crippen molar-refractivity contribution in [2.75, 3.05) is 6.61 Å². The molecule has 1 rings (SSSR count). The number of aromatic nitrogens is 1. The second-order valence-corrected chi connectivity index (χ2v) is 3.45. The summed E-state index contributed by atoms with van der Waals surface area (Å²) in [6.45, 7) is 1.84. The van der Waals surface area contributed by atoms with E-state index in [1.807, 2.05) is 0 Å². The van der Waals surface area contributed by atoms with Crippen LogP contribution in [-0.2, 0) is 10.3 Å². The Morgan fingerprint density at radius 1 is 1.50 bits per heavy atom. The van der Waals surface area contributed by atoms with Crippen molar-refractivity contribution in [1.82, 2.24) is 4.98 Å². The van der Waals surface area contributed by atoms with E-state index in [1.54, 1.807) is 6.92 Å². The van der Waals surface area contributed by atoms with Crippen LogP contribution in [0.5, 0.6) is 5.75 Å². The number of alkyl halides is 3. The molecule has 0 saturated heterocycles. The Morgan fingerprint density at radius 3 is 2.56 bits per heavy atom. The molecule has 0 saturated carbocycles. The lowest BCUT2D eigenvalue weighted by Crippen LogP contribution is -2.56. The molecule has 3 N–H and O–H groups in total. The molecule has 8 heteroatoms. The summed E-state index contributed by atoms with van der Waals surface area (Å²) in [5.41, 5.74) is 0.791. The fraction of sp³-hybridized carbons (Fsp3) is 0.400. The third kappa shape index (κ3) is 2.37. The van der Waals surface area contributed by atoms with Crippen molar-refractivity contribution in [3.63, 3.8) is 0 Å². The number of rotatable bonds is 4. The van der Waals surface area contributed by atoms with Gasteiger partial charge >= 0.3 is 12.1 Å². The van der Waals surface area contributed by atoms with E-state index in [0.29, 0.717) is 0 Å². The number of pyridine rings is 1. The molecule has 18 heavy (non-hydrogen) atoms. The van der Waals surface area contributed by atoms with Crippen molar-refractivity contribution >= 4 is 5.97 Å². The van der Waals surface area contributed by atoms with Crippen LogP contribution in [-0.4, -0.2) is 28.8 Å². The third-order valence-electron chi connectivity index (χ3n) is 2.26. The summed E-state index contributed by atoms with van der Waals surface area (Å²) in [4.78, 5) is 14.3. The first-order valence-corrected chi connectivity index (χ1v) is 4.90. The lowest BCUT2D eigenvalue weighted by atomic mass is 9.91. The van der Waals surface area contributed by atoms with Crippen LogP contribution >= 0.6 is 0 Å². The van der Waals surface area contributed by atoms with Gasteiger partial charge in [0.05, 0.1) is 12.8 Å². The van der Waals surface area contributed by atoms with Gasteiger partial charge in [0.15, 0.2) is 0 Å².